The quantitative estimate of drug-likeness (QED) is 0.415. The Hall–Kier alpha value is -4.10. The van der Waals surface area contributed by atoms with Crippen molar-refractivity contribution >= 4 is 34.8 Å². The van der Waals surface area contributed by atoms with Gasteiger partial charge in [0.2, 0.25) is 0 Å². The first-order valence-corrected chi connectivity index (χ1v) is 11.8. The highest BCUT2D eigenvalue weighted by molar-refractivity contribution is 8.18. The van der Waals surface area contributed by atoms with E-state index in [4.69, 9.17) is 9.47 Å². The fourth-order valence-corrected chi connectivity index (χ4v) is 4.34. The zero-order valence-electron chi connectivity index (χ0n) is 19.0. The van der Waals surface area contributed by atoms with Gasteiger partial charge in [-0.05, 0) is 36.8 Å². The Morgan fingerprint density at radius 1 is 0.943 bits per heavy atom. The van der Waals surface area contributed by atoms with E-state index >= 15 is 0 Å². The second kappa shape index (κ2) is 11.4. The Labute approximate surface area is 207 Å². The number of aliphatic hydroxyl groups is 1. The van der Waals surface area contributed by atoms with Crippen LogP contribution in [0.25, 0.3) is 6.08 Å². The minimum absolute atomic E-state index is 0.0868. The molecular weight excluding hydrogens is 462 g/mol. The van der Waals surface area contributed by atoms with Gasteiger partial charge in [0, 0.05) is 11.1 Å². The van der Waals surface area contributed by atoms with Gasteiger partial charge < -0.3 is 14.6 Å². The summed E-state index contributed by atoms with van der Waals surface area (Å²) in [6.45, 7) is 2.17. The largest absolute Gasteiger partial charge is 0.506 e. The van der Waals surface area contributed by atoms with Gasteiger partial charge in [-0.3, -0.25) is 4.79 Å². The number of thioether (sulfide) groups is 1. The predicted molar refractivity (Wildman–Crippen MR) is 137 cm³/mol. The monoisotopic (exact) mass is 485 g/mol. The first kappa shape index (κ1) is 24.0. The van der Waals surface area contributed by atoms with Crippen LogP contribution in [-0.2, 0) is 16.1 Å². The Morgan fingerprint density at radius 2 is 1.60 bits per heavy atom. The molecule has 1 amide bonds. The molecule has 1 heterocycles. The average molecular weight is 486 g/mol. The Bertz CT molecular complexity index is 1310. The van der Waals surface area contributed by atoms with E-state index in [1.165, 1.54) is 0 Å². The van der Waals surface area contributed by atoms with Crippen LogP contribution in [0.2, 0.25) is 0 Å². The van der Waals surface area contributed by atoms with E-state index in [1.54, 1.807) is 43.3 Å². The van der Waals surface area contributed by atoms with Crippen molar-refractivity contribution in [2.45, 2.75) is 13.5 Å². The fourth-order valence-electron chi connectivity index (χ4n) is 3.34. The molecular formula is C28H23NO5S. The van der Waals surface area contributed by atoms with E-state index in [9.17, 15) is 14.7 Å². The topological polar surface area (TPSA) is 85.2 Å². The molecule has 0 saturated carbocycles. The summed E-state index contributed by atoms with van der Waals surface area (Å²) < 4.78 is 11.1. The predicted octanol–water partition coefficient (Wildman–Crippen LogP) is 5.97. The summed E-state index contributed by atoms with van der Waals surface area (Å²) in [5.74, 6) is -0.934. The molecule has 0 atom stereocenters. The van der Waals surface area contributed by atoms with Gasteiger partial charge in [-0.2, -0.15) is 0 Å². The number of carbonyl (C=O) groups is 2. The van der Waals surface area contributed by atoms with Gasteiger partial charge in [0.05, 0.1) is 11.5 Å². The molecule has 176 valence electrons. The molecule has 0 unspecified atom stereocenters. The number of hydrogen-bond acceptors (Lipinski definition) is 6. The highest BCUT2D eigenvalue weighted by Crippen LogP contribution is 2.40. The van der Waals surface area contributed by atoms with Gasteiger partial charge in [0.15, 0.2) is 0 Å². The maximum absolute atomic E-state index is 12.7. The van der Waals surface area contributed by atoms with Crippen LogP contribution in [-0.4, -0.2) is 28.6 Å². The number of rotatable bonds is 7. The number of benzene rings is 3. The summed E-state index contributed by atoms with van der Waals surface area (Å²) in [5, 5.41) is 11.0. The van der Waals surface area contributed by atoms with Gasteiger partial charge in [-0.15, -0.1) is 0 Å². The molecule has 1 aliphatic heterocycles. The van der Waals surface area contributed by atoms with Crippen molar-refractivity contribution in [2.75, 3.05) is 6.61 Å². The number of nitrogens with zero attached hydrogens (tertiary/aromatic N) is 1. The van der Waals surface area contributed by atoms with E-state index in [1.807, 2.05) is 54.6 Å². The van der Waals surface area contributed by atoms with Crippen molar-refractivity contribution < 1.29 is 24.2 Å². The number of amides is 1. The number of carbonyl (C=O) groups excluding carboxylic acids is 2. The highest BCUT2D eigenvalue weighted by Gasteiger charge is 2.34. The number of para-hydroxylation sites is 1. The van der Waals surface area contributed by atoms with Crippen LogP contribution < -0.4 is 4.74 Å². The summed E-state index contributed by atoms with van der Waals surface area (Å²) in [4.78, 5) is 29.8. The molecule has 7 heteroatoms. The van der Waals surface area contributed by atoms with Crippen molar-refractivity contribution in [1.29, 1.82) is 0 Å². The highest BCUT2D eigenvalue weighted by atomic mass is 32.2. The first-order chi connectivity index (χ1) is 17.1. The van der Waals surface area contributed by atoms with Crippen molar-refractivity contribution in [3.63, 3.8) is 0 Å². The summed E-state index contributed by atoms with van der Waals surface area (Å²) in [7, 11) is 0. The third-order valence-electron chi connectivity index (χ3n) is 5.04. The van der Waals surface area contributed by atoms with Gasteiger partial charge in [0.1, 0.15) is 28.7 Å². The molecule has 1 aliphatic rings. The minimum Gasteiger partial charge on any atom is -0.506 e. The van der Waals surface area contributed by atoms with E-state index in [2.05, 4.69) is 4.99 Å². The van der Waals surface area contributed by atoms with Crippen LogP contribution in [0, 0.1) is 0 Å². The number of aliphatic imine (C=N–C) groups is 1. The standard InChI is InChI=1S/C28H23NO5S/c1-2-33-28(32)24-25(30)23(35-27(24)29-26(31)20-13-7-4-8-14-20)17-21-15-9-10-16-22(21)34-18-19-11-5-3-6-12-19/h3-17,30H,2,18H2,1H3/b23-17+,29-27?. The molecule has 0 fully saturated rings. The lowest BCUT2D eigenvalue weighted by molar-refractivity contribution is -0.138. The van der Waals surface area contributed by atoms with Crippen LogP contribution in [0.4, 0.5) is 0 Å². The molecule has 3 aromatic rings. The average Bonchev–Trinajstić information content (AvgIpc) is 3.19. The Morgan fingerprint density at radius 3 is 2.31 bits per heavy atom. The van der Waals surface area contributed by atoms with Gasteiger partial charge in [-0.25, -0.2) is 9.79 Å². The van der Waals surface area contributed by atoms with Crippen molar-refractivity contribution in [2.24, 2.45) is 4.99 Å². The van der Waals surface area contributed by atoms with Gasteiger partial charge in [0.25, 0.3) is 5.91 Å². The molecule has 0 spiro atoms. The summed E-state index contributed by atoms with van der Waals surface area (Å²) in [6, 6.07) is 25.7. The number of aliphatic hydroxyl groups excluding tert-OH is 1. The van der Waals surface area contributed by atoms with Crippen LogP contribution >= 0.6 is 11.8 Å². The van der Waals surface area contributed by atoms with Crippen LogP contribution in [0.5, 0.6) is 5.75 Å². The van der Waals surface area contributed by atoms with Crippen molar-refractivity contribution in [1.82, 2.24) is 0 Å². The maximum Gasteiger partial charge on any atom is 0.344 e. The third kappa shape index (κ3) is 5.88. The molecule has 0 aliphatic carbocycles. The lowest BCUT2D eigenvalue weighted by Gasteiger charge is -2.10. The summed E-state index contributed by atoms with van der Waals surface area (Å²) >= 11 is 1.03. The zero-order chi connectivity index (χ0) is 24.6. The third-order valence-corrected chi connectivity index (χ3v) is 6.06. The first-order valence-electron chi connectivity index (χ1n) is 11.0. The fraction of sp³-hybridized carbons (Fsp3) is 0.107. The Balaban J connectivity index is 1.66. The zero-order valence-corrected chi connectivity index (χ0v) is 19.8. The second-order valence-electron chi connectivity index (χ2n) is 7.45. The minimum atomic E-state index is -0.742. The summed E-state index contributed by atoms with van der Waals surface area (Å²) in [5.41, 5.74) is 1.97. The van der Waals surface area contributed by atoms with Crippen molar-refractivity contribution in [3.05, 3.63) is 118 Å². The molecule has 0 saturated heterocycles. The van der Waals surface area contributed by atoms with E-state index in [-0.39, 0.29) is 23.0 Å². The molecule has 35 heavy (non-hydrogen) atoms. The van der Waals surface area contributed by atoms with Gasteiger partial charge >= 0.3 is 5.97 Å². The van der Waals surface area contributed by atoms with Crippen LogP contribution in [0.15, 0.2) is 106 Å². The second-order valence-corrected chi connectivity index (χ2v) is 8.49. The Kier molecular flexibility index (Phi) is 7.80. The number of hydrogen-bond donors (Lipinski definition) is 1. The van der Waals surface area contributed by atoms with Crippen LogP contribution in [0.1, 0.15) is 28.4 Å². The molecule has 1 N–H and O–H groups in total. The normalized spacial score (nSPS) is 15.5. The molecule has 4 rings (SSSR count). The molecule has 3 aromatic carbocycles. The van der Waals surface area contributed by atoms with Gasteiger partial charge in [-0.1, -0.05) is 78.5 Å². The molecule has 0 bridgehead atoms. The summed E-state index contributed by atoms with van der Waals surface area (Å²) in [6.07, 6.45) is 1.70. The van der Waals surface area contributed by atoms with E-state index in [0.717, 1.165) is 17.3 Å². The van der Waals surface area contributed by atoms with Crippen LogP contribution in [0.3, 0.4) is 0 Å². The van der Waals surface area contributed by atoms with Crippen molar-refractivity contribution in [3.8, 4) is 5.75 Å². The molecule has 0 radical (unpaired) electrons. The lowest BCUT2D eigenvalue weighted by atomic mass is 10.1. The molecule has 6 nitrogen and oxygen atoms in total. The van der Waals surface area contributed by atoms with E-state index in [0.29, 0.717) is 28.4 Å². The molecule has 0 aromatic heterocycles. The number of ether oxygens (including phenoxy) is 2. The van der Waals surface area contributed by atoms with E-state index < -0.39 is 11.9 Å². The maximum atomic E-state index is 12.7. The smallest absolute Gasteiger partial charge is 0.344 e. The number of esters is 1. The lowest BCUT2D eigenvalue weighted by Crippen LogP contribution is -2.14. The SMILES string of the molecule is CCOC(=O)C1=C(O)/C(=C\c2ccccc2OCc2ccccc2)SC1=NC(=O)c1ccccc1.